The zero-order valence-electron chi connectivity index (χ0n) is 8.95. The van der Waals surface area contributed by atoms with Crippen molar-refractivity contribution in [2.24, 2.45) is 5.92 Å². The molecule has 5 heteroatoms. The summed E-state index contributed by atoms with van der Waals surface area (Å²) < 4.78 is 0. The molecule has 0 heterocycles. The molecule has 0 aliphatic heterocycles. The molecule has 2 unspecified atom stereocenters. The molecule has 0 saturated heterocycles. The Labute approximate surface area is 89.2 Å². The van der Waals surface area contributed by atoms with E-state index in [0.29, 0.717) is 24.9 Å². The van der Waals surface area contributed by atoms with Crippen LogP contribution in [0, 0.1) is 5.92 Å². The number of carbonyl (C=O) groups excluding carboxylic acids is 1. The highest BCUT2D eigenvalue weighted by molar-refractivity contribution is 5.74. The third-order valence-electron chi connectivity index (χ3n) is 2.79. The number of carbonyl (C=O) groups is 2. The van der Waals surface area contributed by atoms with E-state index in [4.69, 9.17) is 5.11 Å². The van der Waals surface area contributed by atoms with Gasteiger partial charge in [-0.2, -0.15) is 0 Å². The van der Waals surface area contributed by atoms with Gasteiger partial charge in [-0.25, -0.2) is 4.79 Å². The van der Waals surface area contributed by atoms with Crippen LogP contribution in [0.1, 0.15) is 32.6 Å². The van der Waals surface area contributed by atoms with Gasteiger partial charge in [-0.1, -0.05) is 6.92 Å². The smallest absolute Gasteiger partial charge is 0.315 e. The van der Waals surface area contributed by atoms with Crippen LogP contribution in [0.15, 0.2) is 0 Å². The van der Waals surface area contributed by atoms with Gasteiger partial charge in [-0.05, 0) is 25.2 Å². The predicted octanol–water partition coefficient (Wildman–Crippen LogP) is 0.949. The lowest BCUT2D eigenvalue weighted by atomic mass is 9.81. The highest BCUT2D eigenvalue weighted by atomic mass is 16.4. The monoisotopic (exact) mass is 214 g/mol. The van der Waals surface area contributed by atoms with Crippen LogP contribution in [0.5, 0.6) is 0 Å². The number of carboxylic acid groups (broad SMARTS) is 1. The number of hydrogen-bond acceptors (Lipinski definition) is 2. The second-order valence-electron chi connectivity index (χ2n) is 4.06. The van der Waals surface area contributed by atoms with E-state index in [1.807, 2.05) is 0 Å². The molecule has 1 aliphatic rings. The largest absolute Gasteiger partial charge is 0.481 e. The molecule has 1 rings (SSSR count). The lowest BCUT2D eigenvalue weighted by Crippen LogP contribution is -2.49. The summed E-state index contributed by atoms with van der Waals surface area (Å²) in [6.45, 7) is 2.53. The molecule has 86 valence electrons. The van der Waals surface area contributed by atoms with Crippen LogP contribution >= 0.6 is 0 Å². The first kappa shape index (κ1) is 11.8. The topological polar surface area (TPSA) is 78.4 Å². The van der Waals surface area contributed by atoms with Gasteiger partial charge in [0.15, 0.2) is 0 Å². The molecule has 1 aliphatic carbocycles. The molecule has 1 fully saturated rings. The average Bonchev–Trinajstić information content (AvgIpc) is 2.18. The molecular weight excluding hydrogens is 196 g/mol. The van der Waals surface area contributed by atoms with E-state index in [0.717, 1.165) is 6.42 Å². The summed E-state index contributed by atoms with van der Waals surface area (Å²) in [6, 6.07) is 0.112. The molecule has 2 atom stereocenters. The Morgan fingerprint density at radius 1 is 1.40 bits per heavy atom. The van der Waals surface area contributed by atoms with Crippen molar-refractivity contribution in [3.05, 3.63) is 0 Å². The minimum atomic E-state index is -0.829. The molecule has 0 aromatic carbocycles. The molecule has 5 nitrogen and oxygen atoms in total. The molecule has 0 aromatic heterocycles. The van der Waals surface area contributed by atoms with E-state index in [1.165, 1.54) is 6.42 Å². The Balaban J connectivity index is 2.01. The molecule has 3 N–H and O–H groups in total. The predicted molar refractivity (Wildman–Crippen MR) is 55.6 cm³/mol. The maximum Gasteiger partial charge on any atom is 0.315 e. The molecule has 0 bridgehead atoms. The van der Waals surface area contributed by atoms with E-state index in [9.17, 15) is 9.59 Å². The fraction of sp³-hybridized carbons (Fsp3) is 0.800. The van der Waals surface area contributed by atoms with Gasteiger partial charge in [0.2, 0.25) is 0 Å². The molecule has 15 heavy (non-hydrogen) atoms. The summed E-state index contributed by atoms with van der Waals surface area (Å²) in [5.74, 6) is -0.264. The van der Waals surface area contributed by atoms with Crippen molar-refractivity contribution < 1.29 is 14.7 Å². The number of rotatable bonds is 5. The fourth-order valence-electron chi connectivity index (χ4n) is 1.54. The van der Waals surface area contributed by atoms with Crippen LogP contribution in [0.2, 0.25) is 0 Å². The zero-order chi connectivity index (χ0) is 11.3. The Hall–Kier alpha value is -1.26. The number of hydrogen-bond donors (Lipinski definition) is 3. The molecule has 2 amide bonds. The Kier molecular flexibility index (Phi) is 4.39. The van der Waals surface area contributed by atoms with Crippen molar-refractivity contribution in [3.8, 4) is 0 Å². The third kappa shape index (κ3) is 4.18. The summed E-state index contributed by atoms with van der Waals surface area (Å²) in [6.07, 6.45) is 2.79. The van der Waals surface area contributed by atoms with Crippen molar-refractivity contribution in [1.29, 1.82) is 0 Å². The first-order valence-corrected chi connectivity index (χ1v) is 5.35. The molecule has 0 spiro atoms. The zero-order valence-corrected chi connectivity index (χ0v) is 8.95. The van der Waals surface area contributed by atoms with Crippen LogP contribution in [0.25, 0.3) is 0 Å². The third-order valence-corrected chi connectivity index (χ3v) is 2.79. The van der Waals surface area contributed by atoms with Crippen molar-refractivity contribution in [2.45, 2.75) is 38.6 Å². The molecular formula is C10H18N2O3. The molecule has 0 aromatic rings. The molecule has 1 saturated carbocycles. The van der Waals surface area contributed by atoms with Gasteiger partial charge < -0.3 is 15.7 Å². The lowest BCUT2D eigenvalue weighted by Gasteiger charge is -2.34. The highest BCUT2D eigenvalue weighted by Gasteiger charge is 2.27. The van der Waals surface area contributed by atoms with Crippen molar-refractivity contribution >= 4 is 12.0 Å². The van der Waals surface area contributed by atoms with Crippen molar-refractivity contribution in [1.82, 2.24) is 10.6 Å². The van der Waals surface area contributed by atoms with E-state index >= 15 is 0 Å². The van der Waals surface area contributed by atoms with Gasteiger partial charge in [-0.3, -0.25) is 4.79 Å². The van der Waals surface area contributed by atoms with Gasteiger partial charge in [0, 0.05) is 19.0 Å². The quantitative estimate of drug-likeness (QED) is 0.596. The standard InChI is InChI=1S/C10H18N2O3/c1-7-4-5-8(7)12-10(15)11-6-2-3-9(13)14/h7-8H,2-6H2,1H3,(H,13,14)(H2,11,12,15). The van der Waals surface area contributed by atoms with Crippen LogP contribution in [-0.2, 0) is 4.79 Å². The molecule has 0 radical (unpaired) electrons. The number of amides is 2. The number of nitrogens with one attached hydrogen (secondary N) is 2. The van der Waals surface area contributed by atoms with E-state index in [1.54, 1.807) is 0 Å². The minimum Gasteiger partial charge on any atom is -0.481 e. The van der Waals surface area contributed by atoms with Crippen LogP contribution in [-0.4, -0.2) is 29.7 Å². The van der Waals surface area contributed by atoms with Crippen molar-refractivity contribution in [3.63, 3.8) is 0 Å². The van der Waals surface area contributed by atoms with Gasteiger partial charge in [0.25, 0.3) is 0 Å². The number of aliphatic carboxylic acids is 1. The lowest BCUT2D eigenvalue weighted by molar-refractivity contribution is -0.137. The average molecular weight is 214 g/mol. The van der Waals surface area contributed by atoms with Gasteiger partial charge in [0.1, 0.15) is 0 Å². The summed E-state index contributed by atoms with van der Waals surface area (Å²) in [5.41, 5.74) is 0. The summed E-state index contributed by atoms with van der Waals surface area (Å²) >= 11 is 0. The van der Waals surface area contributed by atoms with E-state index < -0.39 is 5.97 Å². The van der Waals surface area contributed by atoms with Crippen molar-refractivity contribution in [2.75, 3.05) is 6.54 Å². The van der Waals surface area contributed by atoms with Gasteiger partial charge >= 0.3 is 12.0 Å². The minimum absolute atomic E-state index is 0.0973. The van der Waals surface area contributed by atoms with E-state index in [2.05, 4.69) is 17.6 Å². The maximum atomic E-state index is 11.3. The Bertz CT molecular complexity index is 243. The maximum absolute atomic E-state index is 11.3. The fourth-order valence-corrected chi connectivity index (χ4v) is 1.54. The first-order chi connectivity index (χ1) is 7.09. The summed E-state index contributed by atoms with van der Waals surface area (Å²) in [7, 11) is 0. The Morgan fingerprint density at radius 3 is 2.60 bits per heavy atom. The van der Waals surface area contributed by atoms with Crippen LogP contribution in [0.3, 0.4) is 0 Å². The normalized spacial score (nSPS) is 24.1. The SMILES string of the molecule is CC1CCC1NC(=O)NCCCC(=O)O. The van der Waals surface area contributed by atoms with Gasteiger partial charge in [0.05, 0.1) is 0 Å². The van der Waals surface area contributed by atoms with Crippen LogP contribution < -0.4 is 10.6 Å². The summed E-state index contributed by atoms with van der Waals surface area (Å²) in [5, 5.41) is 13.9. The number of carboxylic acids is 1. The Morgan fingerprint density at radius 2 is 2.13 bits per heavy atom. The second kappa shape index (κ2) is 5.58. The number of urea groups is 1. The van der Waals surface area contributed by atoms with Gasteiger partial charge in [-0.15, -0.1) is 0 Å². The summed E-state index contributed by atoms with van der Waals surface area (Å²) in [4.78, 5) is 21.5. The van der Waals surface area contributed by atoms with E-state index in [-0.39, 0.29) is 12.5 Å². The van der Waals surface area contributed by atoms with Crippen LogP contribution in [0.4, 0.5) is 4.79 Å². The second-order valence-corrected chi connectivity index (χ2v) is 4.06. The highest BCUT2D eigenvalue weighted by Crippen LogP contribution is 2.26. The first-order valence-electron chi connectivity index (χ1n) is 5.35.